The zero-order valence-corrected chi connectivity index (χ0v) is 14.5. The van der Waals surface area contributed by atoms with Gasteiger partial charge < -0.3 is 14.6 Å². The fraction of sp³-hybridized carbons (Fsp3) is 0.571. The van der Waals surface area contributed by atoms with E-state index in [9.17, 15) is 18.0 Å². The molecule has 1 N–H and O–H groups in total. The van der Waals surface area contributed by atoms with Crippen molar-refractivity contribution in [2.45, 2.75) is 43.8 Å². The number of carbonyl (C=O) groups is 2. The number of sulfonamides is 1. The molecule has 0 radical (unpaired) electrons. The molecule has 1 aliphatic heterocycles. The quantitative estimate of drug-likeness (QED) is 0.802. The van der Waals surface area contributed by atoms with E-state index in [4.69, 9.17) is 0 Å². The molecular weight excluding hydrogens is 322 g/mol. The minimum atomic E-state index is -3.92. The van der Waals surface area contributed by atoms with Crippen molar-refractivity contribution in [2.75, 3.05) is 14.2 Å². The van der Waals surface area contributed by atoms with Crippen LogP contribution in [0.1, 0.15) is 31.3 Å². The molecule has 1 saturated heterocycles. The number of amides is 1. The molecule has 0 saturated carbocycles. The lowest BCUT2D eigenvalue weighted by Crippen LogP contribution is -2.64. The number of rotatable bonds is 3. The van der Waals surface area contributed by atoms with E-state index in [1.165, 1.54) is 23.7 Å². The van der Waals surface area contributed by atoms with Gasteiger partial charge in [0.15, 0.2) is 0 Å². The van der Waals surface area contributed by atoms with E-state index in [0.717, 1.165) is 0 Å². The second kappa shape index (κ2) is 5.97. The van der Waals surface area contributed by atoms with Gasteiger partial charge in [0.25, 0.3) is 0 Å². The average Bonchev–Trinajstić information content (AvgIpc) is 3.01. The molecule has 3 unspecified atom stereocenters. The van der Waals surface area contributed by atoms with E-state index in [0.29, 0.717) is 0 Å². The van der Waals surface area contributed by atoms with Crippen molar-refractivity contribution in [3.63, 3.8) is 0 Å². The lowest BCUT2D eigenvalue weighted by atomic mass is 10.0. The van der Waals surface area contributed by atoms with Crippen LogP contribution in [0.5, 0.6) is 0 Å². The summed E-state index contributed by atoms with van der Waals surface area (Å²) in [6.07, 6.45) is 1.23. The zero-order chi connectivity index (χ0) is 17.5. The molecule has 9 heteroatoms. The summed E-state index contributed by atoms with van der Waals surface area (Å²) in [5.74, 6) is -0.918. The number of nitrogens with one attached hydrogen (secondary N) is 1. The van der Waals surface area contributed by atoms with Crippen molar-refractivity contribution >= 4 is 21.9 Å². The van der Waals surface area contributed by atoms with Gasteiger partial charge >= 0.3 is 5.97 Å². The maximum absolute atomic E-state index is 12.9. The zero-order valence-electron chi connectivity index (χ0n) is 13.7. The van der Waals surface area contributed by atoms with Gasteiger partial charge in [0.1, 0.15) is 16.6 Å². The van der Waals surface area contributed by atoms with Crippen molar-refractivity contribution < 1.29 is 22.7 Å². The number of carbonyl (C=O) groups excluding carboxylic acids is 2. The van der Waals surface area contributed by atoms with Gasteiger partial charge in [0, 0.05) is 25.3 Å². The highest BCUT2D eigenvalue weighted by molar-refractivity contribution is 7.89. The predicted octanol–water partition coefficient (Wildman–Crippen LogP) is 0.430. The highest BCUT2D eigenvalue weighted by atomic mass is 32.2. The van der Waals surface area contributed by atoms with Gasteiger partial charge in [0.2, 0.25) is 15.9 Å². The molecule has 0 spiro atoms. The number of esters is 1. The SMILES string of the molecule is COC(=O)c1cc(S(=O)(=O)N2C(C)C(=O)N(C)C(C)C2C)c[nH]1. The Hall–Kier alpha value is -1.87. The van der Waals surface area contributed by atoms with Crippen molar-refractivity contribution in [3.05, 3.63) is 18.0 Å². The molecule has 128 valence electrons. The Bertz CT molecular complexity index is 727. The summed E-state index contributed by atoms with van der Waals surface area (Å²) >= 11 is 0. The van der Waals surface area contributed by atoms with Crippen LogP contribution in [0, 0.1) is 0 Å². The summed E-state index contributed by atoms with van der Waals surface area (Å²) in [7, 11) is -1.05. The molecule has 0 aromatic carbocycles. The molecule has 1 aliphatic rings. The van der Waals surface area contributed by atoms with E-state index < -0.39 is 28.1 Å². The standard InChI is InChI=1S/C14H21N3O5S/c1-8-9(2)17(10(3)13(18)16(8)4)23(20,21)11-6-12(15-7-11)14(19)22-5/h6-10,15H,1-5H3. The molecular formula is C14H21N3O5S. The van der Waals surface area contributed by atoms with Gasteiger partial charge in [-0.15, -0.1) is 0 Å². The highest BCUT2D eigenvalue weighted by Crippen LogP contribution is 2.29. The summed E-state index contributed by atoms with van der Waals surface area (Å²) in [6.45, 7) is 5.12. The van der Waals surface area contributed by atoms with Crippen molar-refractivity contribution in [1.29, 1.82) is 0 Å². The highest BCUT2D eigenvalue weighted by Gasteiger charge is 2.45. The van der Waals surface area contributed by atoms with Crippen molar-refractivity contribution in [1.82, 2.24) is 14.2 Å². The fourth-order valence-electron chi connectivity index (χ4n) is 2.79. The van der Waals surface area contributed by atoms with E-state index in [2.05, 4.69) is 9.72 Å². The average molecular weight is 343 g/mol. The molecule has 23 heavy (non-hydrogen) atoms. The third kappa shape index (κ3) is 2.74. The minimum Gasteiger partial charge on any atom is -0.464 e. The molecule has 1 aromatic rings. The van der Waals surface area contributed by atoms with Crippen molar-refractivity contribution in [2.24, 2.45) is 0 Å². The molecule has 2 rings (SSSR count). The van der Waals surface area contributed by atoms with Crippen LogP contribution >= 0.6 is 0 Å². The minimum absolute atomic E-state index is 0.0416. The van der Waals surface area contributed by atoms with E-state index in [1.807, 2.05) is 0 Å². The second-order valence-electron chi connectivity index (χ2n) is 5.68. The number of aromatic nitrogens is 1. The number of likely N-dealkylation sites (N-methyl/N-ethyl adjacent to an activating group) is 1. The Morgan fingerprint density at radius 1 is 1.26 bits per heavy atom. The van der Waals surface area contributed by atoms with Crippen LogP contribution in [0.2, 0.25) is 0 Å². The maximum atomic E-state index is 12.9. The van der Waals surface area contributed by atoms with Gasteiger partial charge in [-0.1, -0.05) is 0 Å². The Balaban J connectivity index is 2.44. The molecule has 2 heterocycles. The number of H-pyrrole nitrogens is 1. The molecule has 0 bridgehead atoms. The number of aromatic amines is 1. The molecule has 1 aromatic heterocycles. The Kier molecular flexibility index (Phi) is 4.54. The first-order valence-corrected chi connectivity index (χ1v) is 8.63. The summed E-state index contributed by atoms with van der Waals surface area (Å²) in [5, 5.41) is 0. The summed E-state index contributed by atoms with van der Waals surface area (Å²) < 4.78 is 31.6. The summed E-state index contributed by atoms with van der Waals surface area (Å²) in [4.78, 5) is 27.8. The third-order valence-corrected chi connectivity index (χ3v) is 6.47. The maximum Gasteiger partial charge on any atom is 0.354 e. The monoisotopic (exact) mass is 343 g/mol. The molecule has 1 fully saturated rings. The first-order chi connectivity index (χ1) is 10.6. The van der Waals surface area contributed by atoms with E-state index in [-0.39, 0.29) is 22.5 Å². The Labute approximate surface area is 135 Å². The molecule has 0 aliphatic carbocycles. The number of hydrogen-bond donors (Lipinski definition) is 1. The Morgan fingerprint density at radius 3 is 2.43 bits per heavy atom. The topological polar surface area (TPSA) is 99.8 Å². The van der Waals surface area contributed by atoms with Crippen LogP contribution in [-0.4, -0.2) is 66.8 Å². The van der Waals surface area contributed by atoms with Gasteiger partial charge in [-0.3, -0.25) is 4.79 Å². The van der Waals surface area contributed by atoms with Crippen LogP contribution in [0.15, 0.2) is 17.2 Å². The molecule has 8 nitrogen and oxygen atoms in total. The number of piperazine rings is 1. The largest absolute Gasteiger partial charge is 0.464 e. The van der Waals surface area contributed by atoms with Crippen LogP contribution in [0.3, 0.4) is 0 Å². The van der Waals surface area contributed by atoms with Gasteiger partial charge in [0.05, 0.1) is 7.11 Å². The normalized spacial score (nSPS) is 26.4. The number of ether oxygens (including phenoxy) is 1. The summed E-state index contributed by atoms with van der Waals surface area (Å²) in [6, 6.07) is -0.247. The lowest BCUT2D eigenvalue weighted by Gasteiger charge is -2.45. The number of hydrogen-bond acceptors (Lipinski definition) is 5. The number of methoxy groups -OCH3 is 1. The fourth-order valence-corrected chi connectivity index (χ4v) is 4.63. The first-order valence-electron chi connectivity index (χ1n) is 7.19. The predicted molar refractivity (Wildman–Crippen MR) is 82.3 cm³/mol. The van der Waals surface area contributed by atoms with Gasteiger partial charge in [-0.25, -0.2) is 13.2 Å². The van der Waals surface area contributed by atoms with Crippen LogP contribution in [0.4, 0.5) is 0 Å². The van der Waals surface area contributed by atoms with Crippen LogP contribution in [0.25, 0.3) is 0 Å². The second-order valence-corrected chi connectivity index (χ2v) is 7.53. The van der Waals surface area contributed by atoms with Gasteiger partial charge in [-0.05, 0) is 26.8 Å². The molecule has 3 atom stereocenters. The summed E-state index contributed by atoms with van der Waals surface area (Å²) in [5.41, 5.74) is 0.0416. The lowest BCUT2D eigenvalue weighted by molar-refractivity contribution is -0.141. The van der Waals surface area contributed by atoms with Crippen LogP contribution < -0.4 is 0 Å². The third-order valence-electron chi connectivity index (χ3n) is 4.43. The Morgan fingerprint density at radius 2 is 1.87 bits per heavy atom. The van der Waals surface area contributed by atoms with E-state index >= 15 is 0 Å². The number of nitrogens with zero attached hydrogens (tertiary/aromatic N) is 2. The van der Waals surface area contributed by atoms with E-state index in [1.54, 1.807) is 32.7 Å². The van der Waals surface area contributed by atoms with Crippen LogP contribution in [-0.2, 0) is 19.6 Å². The molecule has 1 amide bonds. The van der Waals surface area contributed by atoms with Crippen molar-refractivity contribution in [3.8, 4) is 0 Å². The first kappa shape index (κ1) is 17.5. The smallest absolute Gasteiger partial charge is 0.354 e. The van der Waals surface area contributed by atoms with Gasteiger partial charge in [-0.2, -0.15) is 4.31 Å².